The van der Waals surface area contributed by atoms with Crippen LogP contribution in [-0.2, 0) is 0 Å². The van der Waals surface area contributed by atoms with Gasteiger partial charge in [-0.15, -0.1) is 0 Å². The topological polar surface area (TPSA) is 34.4 Å². The number of pyridine rings is 3. The van der Waals surface area contributed by atoms with Crippen molar-refractivity contribution in [3.63, 3.8) is 0 Å². The molecule has 0 radical (unpaired) electrons. The molecule has 4 rings (SSSR count). The summed E-state index contributed by atoms with van der Waals surface area (Å²) < 4.78 is 1.69. The zero-order valence-electron chi connectivity index (χ0n) is 10.1. The van der Waals surface area contributed by atoms with Gasteiger partial charge in [-0.1, -0.05) is 24.3 Å². The summed E-state index contributed by atoms with van der Waals surface area (Å²) in [6.07, 6.45) is 5.16. The monoisotopic (exact) mass is 246 g/mol. The lowest BCUT2D eigenvalue weighted by molar-refractivity contribution is 1.13. The van der Waals surface area contributed by atoms with Crippen molar-refractivity contribution in [3.05, 3.63) is 71.4 Å². The molecule has 3 heteroatoms. The molecular weight excluding hydrogens is 236 g/mol. The van der Waals surface area contributed by atoms with Crippen LogP contribution in [0.15, 0.2) is 65.8 Å². The smallest absolute Gasteiger partial charge is 0.264 e. The quantitative estimate of drug-likeness (QED) is 0.353. The fourth-order valence-corrected chi connectivity index (χ4v) is 2.55. The largest absolute Gasteiger partial charge is 0.283 e. The molecule has 90 valence electrons. The average Bonchev–Trinajstić information content (AvgIpc) is 2.47. The van der Waals surface area contributed by atoms with Crippen LogP contribution in [0.25, 0.3) is 27.1 Å². The van der Waals surface area contributed by atoms with Gasteiger partial charge in [0.25, 0.3) is 5.56 Å². The molecule has 1 aromatic carbocycles. The van der Waals surface area contributed by atoms with Crippen LogP contribution in [0.2, 0.25) is 0 Å². The number of hydrogen-bond donors (Lipinski definition) is 0. The van der Waals surface area contributed by atoms with E-state index in [0.29, 0.717) is 5.39 Å². The molecule has 3 heterocycles. The van der Waals surface area contributed by atoms with Gasteiger partial charge in [-0.3, -0.25) is 14.2 Å². The molecule has 0 saturated carbocycles. The number of aromatic nitrogens is 2. The Morgan fingerprint density at radius 1 is 0.947 bits per heavy atom. The second kappa shape index (κ2) is 3.65. The molecule has 0 unspecified atom stereocenters. The Morgan fingerprint density at radius 3 is 2.79 bits per heavy atom. The number of hydrogen-bond acceptors (Lipinski definition) is 2. The third-order valence-electron chi connectivity index (χ3n) is 3.50. The van der Waals surface area contributed by atoms with E-state index in [0.717, 1.165) is 21.7 Å². The van der Waals surface area contributed by atoms with Gasteiger partial charge in [-0.25, -0.2) is 0 Å². The molecule has 0 N–H and O–H groups in total. The van der Waals surface area contributed by atoms with Crippen molar-refractivity contribution in [2.75, 3.05) is 0 Å². The fourth-order valence-electron chi connectivity index (χ4n) is 2.55. The first kappa shape index (κ1) is 10.3. The maximum atomic E-state index is 12.5. The molecule has 3 aromatic heterocycles. The van der Waals surface area contributed by atoms with Gasteiger partial charge < -0.3 is 0 Å². The molecule has 4 aromatic rings. The normalized spacial score (nSPS) is 11.4. The maximum absolute atomic E-state index is 12.5. The summed E-state index contributed by atoms with van der Waals surface area (Å²) >= 11 is 0. The molecule has 3 nitrogen and oxygen atoms in total. The summed E-state index contributed by atoms with van der Waals surface area (Å²) in [5.41, 5.74) is 0.910. The van der Waals surface area contributed by atoms with Crippen LogP contribution in [0.1, 0.15) is 0 Å². The lowest BCUT2D eigenvalue weighted by atomic mass is 10.1. The third kappa shape index (κ3) is 1.38. The van der Waals surface area contributed by atoms with E-state index in [2.05, 4.69) is 11.1 Å². The summed E-state index contributed by atoms with van der Waals surface area (Å²) in [6, 6.07) is 14.0. The number of fused-ring (bicyclic) bond motifs is 4. The van der Waals surface area contributed by atoms with Crippen LogP contribution < -0.4 is 5.56 Å². The van der Waals surface area contributed by atoms with E-state index in [1.807, 2.05) is 42.6 Å². The Kier molecular flexibility index (Phi) is 1.97. The summed E-state index contributed by atoms with van der Waals surface area (Å²) in [7, 11) is 0. The van der Waals surface area contributed by atoms with Crippen LogP contribution >= 0.6 is 0 Å². The Bertz CT molecular complexity index is 986. The van der Waals surface area contributed by atoms with E-state index in [9.17, 15) is 4.79 Å². The molecule has 0 atom stereocenters. The second-order valence-corrected chi connectivity index (χ2v) is 4.57. The molecular formula is C16H10N2O. The van der Waals surface area contributed by atoms with Gasteiger partial charge in [0.2, 0.25) is 0 Å². The standard InChI is InChI=1S/C16H10N2O/c19-16-14-10-17-7-5-12(14)9-15-13-4-2-1-3-11(13)6-8-18(15)16/h1-10H. The molecule has 0 aliphatic carbocycles. The molecule has 0 spiro atoms. The lowest BCUT2D eigenvalue weighted by Gasteiger charge is -2.07. The van der Waals surface area contributed by atoms with Crippen LogP contribution in [0.4, 0.5) is 0 Å². The molecule has 0 aliphatic heterocycles. The van der Waals surface area contributed by atoms with Gasteiger partial charge in [0, 0.05) is 24.0 Å². The van der Waals surface area contributed by atoms with E-state index in [4.69, 9.17) is 0 Å². The number of nitrogens with zero attached hydrogens (tertiary/aromatic N) is 2. The minimum atomic E-state index is -0.0219. The highest BCUT2D eigenvalue weighted by Crippen LogP contribution is 2.21. The fraction of sp³-hybridized carbons (Fsp3) is 0. The molecule has 0 aliphatic rings. The summed E-state index contributed by atoms with van der Waals surface area (Å²) in [5, 5.41) is 3.79. The van der Waals surface area contributed by atoms with E-state index in [-0.39, 0.29) is 5.56 Å². The first-order valence-electron chi connectivity index (χ1n) is 6.11. The van der Waals surface area contributed by atoms with Crippen LogP contribution in [0, 0.1) is 0 Å². The zero-order chi connectivity index (χ0) is 12.8. The van der Waals surface area contributed by atoms with Gasteiger partial charge in [0.05, 0.1) is 10.9 Å². The van der Waals surface area contributed by atoms with Crippen molar-refractivity contribution < 1.29 is 0 Å². The first-order valence-corrected chi connectivity index (χ1v) is 6.11. The van der Waals surface area contributed by atoms with Crippen molar-refractivity contribution in [1.82, 2.24) is 9.38 Å². The predicted octanol–water partition coefficient (Wildman–Crippen LogP) is 3.00. The maximum Gasteiger partial charge on any atom is 0.264 e. The van der Waals surface area contributed by atoms with Crippen molar-refractivity contribution in [1.29, 1.82) is 0 Å². The summed E-state index contributed by atoms with van der Waals surface area (Å²) in [6.45, 7) is 0. The third-order valence-corrected chi connectivity index (χ3v) is 3.50. The summed E-state index contributed by atoms with van der Waals surface area (Å²) in [4.78, 5) is 16.5. The molecule has 0 fully saturated rings. The average molecular weight is 246 g/mol. The highest BCUT2D eigenvalue weighted by Gasteiger charge is 2.06. The molecule has 19 heavy (non-hydrogen) atoms. The van der Waals surface area contributed by atoms with Gasteiger partial charge in [-0.05, 0) is 29.0 Å². The Balaban J connectivity index is 2.36. The Morgan fingerprint density at radius 2 is 1.84 bits per heavy atom. The van der Waals surface area contributed by atoms with Gasteiger partial charge in [-0.2, -0.15) is 0 Å². The highest BCUT2D eigenvalue weighted by molar-refractivity contribution is 5.99. The minimum absolute atomic E-state index is 0.0219. The van der Waals surface area contributed by atoms with Crippen LogP contribution in [-0.4, -0.2) is 9.38 Å². The van der Waals surface area contributed by atoms with E-state index >= 15 is 0 Å². The molecule has 0 amide bonds. The number of rotatable bonds is 0. The molecule has 0 bridgehead atoms. The number of benzene rings is 1. The van der Waals surface area contributed by atoms with Crippen molar-refractivity contribution in [3.8, 4) is 0 Å². The van der Waals surface area contributed by atoms with Gasteiger partial charge >= 0.3 is 0 Å². The van der Waals surface area contributed by atoms with Crippen LogP contribution in [0.3, 0.4) is 0 Å². The first-order chi connectivity index (χ1) is 9.34. The van der Waals surface area contributed by atoms with Gasteiger partial charge in [0.15, 0.2) is 0 Å². The predicted molar refractivity (Wildman–Crippen MR) is 76.5 cm³/mol. The van der Waals surface area contributed by atoms with E-state index < -0.39 is 0 Å². The SMILES string of the molecule is O=c1c2cnccc2cc2c3ccccc3ccn12. The lowest BCUT2D eigenvalue weighted by Crippen LogP contribution is -2.13. The second-order valence-electron chi connectivity index (χ2n) is 4.57. The molecule has 0 saturated heterocycles. The summed E-state index contributed by atoms with van der Waals surface area (Å²) in [5.74, 6) is 0. The van der Waals surface area contributed by atoms with E-state index in [1.165, 1.54) is 0 Å². The zero-order valence-corrected chi connectivity index (χ0v) is 10.1. The highest BCUT2D eigenvalue weighted by atomic mass is 16.1. The van der Waals surface area contributed by atoms with Crippen molar-refractivity contribution in [2.45, 2.75) is 0 Å². The van der Waals surface area contributed by atoms with E-state index in [1.54, 1.807) is 16.8 Å². The van der Waals surface area contributed by atoms with Crippen molar-refractivity contribution >= 4 is 27.1 Å². The minimum Gasteiger partial charge on any atom is -0.283 e. The Labute approximate surface area is 108 Å². The van der Waals surface area contributed by atoms with Crippen LogP contribution in [0.5, 0.6) is 0 Å². The Hall–Kier alpha value is -2.68. The van der Waals surface area contributed by atoms with Gasteiger partial charge in [0.1, 0.15) is 0 Å². The van der Waals surface area contributed by atoms with Crippen molar-refractivity contribution in [2.24, 2.45) is 0 Å².